The summed E-state index contributed by atoms with van der Waals surface area (Å²) in [6, 6.07) is 9.03. The van der Waals surface area contributed by atoms with Crippen molar-refractivity contribution in [3.05, 3.63) is 36.0 Å². The summed E-state index contributed by atoms with van der Waals surface area (Å²) in [5.74, 6) is 1.43. The highest BCUT2D eigenvalue weighted by Gasteiger charge is 2.14. The van der Waals surface area contributed by atoms with Crippen LogP contribution in [-0.4, -0.2) is 24.7 Å². The van der Waals surface area contributed by atoms with Crippen molar-refractivity contribution in [2.24, 2.45) is 5.92 Å². The second-order valence-corrected chi connectivity index (χ2v) is 4.91. The number of nitrogens with zero attached hydrogens (tertiary/aromatic N) is 1. The lowest BCUT2D eigenvalue weighted by Crippen LogP contribution is -2.27. The number of rotatable bonds is 5. The summed E-state index contributed by atoms with van der Waals surface area (Å²) < 4.78 is 10.4. The van der Waals surface area contributed by atoms with Crippen LogP contribution in [0.4, 0.5) is 0 Å². The smallest absolute Gasteiger partial charge is 0.273 e. The van der Waals surface area contributed by atoms with E-state index in [-0.39, 0.29) is 11.6 Å². The molecular weight excluding hydrogens is 256 g/mol. The van der Waals surface area contributed by atoms with Crippen molar-refractivity contribution in [3.8, 4) is 17.1 Å². The molecule has 0 unspecified atom stereocenters. The van der Waals surface area contributed by atoms with Gasteiger partial charge in [0.25, 0.3) is 5.91 Å². The van der Waals surface area contributed by atoms with E-state index < -0.39 is 0 Å². The highest BCUT2D eigenvalue weighted by Crippen LogP contribution is 2.24. The minimum Gasteiger partial charge on any atom is -0.497 e. The Bertz CT molecular complexity index is 590. The molecule has 1 N–H and O–H groups in total. The molecule has 0 saturated heterocycles. The molecule has 106 valence electrons. The average molecular weight is 274 g/mol. The Hall–Kier alpha value is -2.30. The van der Waals surface area contributed by atoms with Gasteiger partial charge in [-0.15, -0.1) is 0 Å². The minimum absolute atomic E-state index is 0.225. The number of nitrogens with one attached hydrogen (secondary N) is 1. The van der Waals surface area contributed by atoms with Gasteiger partial charge < -0.3 is 14.6 Å². The van der Waals surface area contributed by atoms with Gasteiger partial charge in [-0.3, -0.25) is 4.79 Å². The summed E-state index contributed by atoms with van der Waals surface area (Å²) in [7, 11) is 1.60. The fourth-order valence-electron chi connectivity index (χ4n) is 1.68. The number of methoxy groups -OCH3 is 1. The Morgan fingerprint density at radius 3 is 2.90 bits per heavy atom. The third-order valence-electron chi connectivity index (χ3n) is 2.77. The van der Waals surface area contributed by atoms with Gasteiger partial charge in [-0.05, 0) is 18.1 Å². The molecule has 0 saturated carbocycles. The topological polar surface area (TPSA) is 64.4 Å². The van der Waals surface area contributed by atoms with Gasteiger partial charge in [0, 0.05) is 18.2 Å². The summed E-state index contributed by atoms with van der Waals surface area (Å²) in [5.41, 5.74) is 1.10. The van der Waals surface area contributed by atoms with Crippen LogP contribution in [0, 0.1) is 5.92 Å². The molecule has 2 rings (SSSR count). The third-order valence-corrected chi connectivity index (χ3v) is 2.77. The fourth-order valence-corrected chi connectivity index (χ4v) is 1.68. The van der Waals surface area contributed by atoms with Crippen LogP contribution in [0.2, 0.25) is 0 Å². The van der Waals surface area contributed by atoms with Crippen molar-refractivity contribution in [3.63, 3.8) is 0 Å². The van der Waals surface area contributed by atoms with E-state index in [1.807, 2.05) is 38.1 Å². The number of hydrogen-bond acceptors (Lipinski definition) is 4. The Morgan fingerprint density at radius 2 is 2.20 bits per heavy atom. The van der Waals surface area contributed by atoms with Crippen molar-refractivity contribution >= 4 is 5.91 Å². The average Bonchev–Trinajstić information content (AvgIpc) is 2.94. The van der Waals surface area contributed by atoms with E-state index in [9.17, 15) is 4.79 Å². The maximum absolute atomic E-state index is 11.9. The van der Waals surface area contributed by atoms with Crippen molar-refractivity contribution in [1.82, 2.24) is 10.5 Å². The molecular formula is C15H18N2O3. The number of carbonyl (C=O) groups excluding carboxylic acids is 1. The van der Waals surface area contributed by atoms with Gasteiger partial charge in [0.15, 0.2) is 11.5 Å². The van der Waals surface area contributed by atoms with Gasteiger partial charge in [0.1, 0.15) is 5.75 Å². The normalized spacial score (nSPS) is 10.6. The van der Waals surface area contributed by atoms with Crippen LogP contribution >= 0.6 is 0 Å². The van der Waals surface area contributed by atoms with Crippen LogP contribution < -0.4 is 10.1 Å². The van der Waals surface area contributed by atoms with E-state index in [2.05, 4.69) is 10.5 Å². The Balaban J connectivity index is 2.13. The first-order valence-corrected chi connectivity index (χ1v) is 6.49. The number of benzene rings is 1. The Morgan fingerprint density at radius 1 is 1.40 bits per heavy atom. The molecule has 0 spiro atoms. The first-order chi connectivity index (χ1) is 9.60. The third kappa shape index (κ3) is 3.38. The minimum atomic E-state index is -0.225. The number of carbonyl (C=O) groups is 1. The lowest BCUT2D eigenvalue weighted by Gasteiger charge is -2.04. The quantitative estimate of drug-likeness (QED) is 0.910. The monoisotopic (exact) mass is 274 g/mol. The van der Waals surface area contributed by atoms with E-state index in [1.54, 1.807) is 13.2 Å². The van der Waals surface area contributed by atoms with Crippen molar-refractivity contribution < 1.29 is 14.1 Å². The predicted molar refractivity (Wildman–Crippen MR) is 75.7 cm³/mol. The van der Waals surface area contributed by atoms with E-state index in [0.717, 1.165) is 11.3 Å². The molecule has 1 heterocycles. The fraction of sp³-hybridized carbons (Fsp3) is 0.333. The molecule has 0 bridgehead atoms. The maximum atomic E-state index is 11.9. The molecule has 0 radical (unpaired) electrons. The van der Waals surface area contributed by atoms with Gasteiger partial charge in [0.05, 0.1) is 7.11 Å². The van der Waals surface area contributed by atoms with Crippen LogP contribution in [0.25, 0.3) is 11.3 Å². The molecule has 2 aromatic rings. The van der Waals surface area contributed by atoms with Crippen LogP contribution in [0.15, 0.2) is 34.9 Å². The number of hydrogen-bond donors (Lipinski definition) is 1. The highest BCUT2D eigenvalue weighted by molar-refractivity contribution is 5.93. The summed E-state index contributed by atoms with van der Waals surface area (Å²) in [6.45, 7) is 4.68. The van der Waals surface area contributed by atoms with Crippen LogP contribution in [-0.2, 0) is 0 Å². The maximum Gasteiger partial charge on any atom is 0.273 e. The summed E-state index contributed by atoms with van der Waals surface area (Å²) in [6.07, 6.45) is 0. The van der Waals surface area contributed by atoms with Crippen molar-refractivity contribution in [2.75, 3.05) is 13.7 Å². The van der Waals surface area contributed by atoms with Crippen LogP contribution in [0.3, 0.4) is 0 Å². The van der Waals surface area contributed by atoms with Gasteiger partial charge in [-0.2, -0.15) is 0 Å². The second kappa shape index (κ2) is 6.23. The zero-order valence-electron chi connectivity index (χ0n) is 11.8. The summed E-state index contributed by atoms with van der Waals surface area (Å²) in [5, 5.41) is 6.60. The highest BCUT2D eigenvalue weighted by atomic mass is 16.5. The second-order valence-electron chi connectivity index (χ2n) is 4.91. The summed E-state index contributed by atoms with van der Waals surface area (Å²) in [4.78, 5) is 11.9. The zero-order chi connectivity index (χ0) is 14.5. The molecule has 1 aromatic heterocycles. The molecule has 0 aliphatic heterocycles. The molecule has 0 aliphatic carbocycles. The van der Waals surface area contributed by atoms with E-state index in [4.69, 9.17) is 9.26 Å². The molecule has 0 atom stereocenters. The van der Waals surface area contributed by atoms with E-state index in [0.29, 0.717) is 18.2 Å². The van der Waals surface area contributed by atoms with E-state index >= 15 is 0 Å². The Kier molecular flexibility index (Phi) is 4.40. The largest absolute Gasteiger partial charge is 0.497 e. The summed E-state index contributed by atoms with van der Waals surface area (Å²) >= 11 is 0. The predicted octanol–water partition coefficient (Wildman–Crippen LogP) is 2.74. The lowest BCUT2D eigenvalue weighted by molar-refractivity contribution is 0.0940. The Labute approximate surface area is 117 Å². The molecule has 5 nitrogen and oxygen atoms in total. The first kappa shape index (κ1) is 14.1. The SMILES string of the molecule is COc1cccc(-c2cc(C(=O)NCC(C)C)no2)c1. The van der Waals surface area contributed by atoms with Gasteiger partial charge in [0.2, 0.25) is 0 Å². The van der Waals surface area contributed by atoms with Gasteiger partial charge in [-0.1, -0.05) is 31.1 Å². The van der Waals surface area contributed by atoms with Gasteiger partial charge in [-0.25, -0.2) is 0 Å². The molecule has 0 aliphatic rings. The van der Waals surface area contributed by atoms with Gasteiger partial charge >= 0.3 is 0 Å². The first-order valence-electron chi connectivity index (χ1n) is 6.49. The molecule has 5 heteroatoms. The zero-order valence-corrected chi connectivity index (χ0v) is 11.8. The lowest BCUT2D eigenvalue weighted by atomic mass is 10.1. The number of ether oxygens (including phenoxy) is 1. The van der Waals surface area contributed by atoms with E-state index in [1.165, 1.54) is 0 Å². The van der Waals surface area contributed by atoms with Crippen LogP contribution in [0.5, 0.6) is 5.75 Å². The van der Waals surface area contributed by atoms with Crippen molar-refractivity contribution in [1.29, 1.82) is 0 Å². The molecule has 20 heavy (non-hydrogen) atoms. The number of amides is 1. The number of aromatic nitrogens is 1. The molecule has 0 fully saturated rings. The molecule has 1 aromatic carbocycles. The van der Waals surface area contributed by atoms with Crippen LogP contribution in [0.1, 0.15) is 24.3 Å². The standard InChI is InChI=1S/C15H18N2O3/c1-10(2)9-16-15(18)13-8-14(20-17-13)11-5-4-6-12(7-11)19-3/h4-8,10H,9H2,1-3H3,(H,16,18). The molecule has 1 amide bonds. The van der Waals surface area contributed by atoms with Crippen molar-refractivity contribution in [2.45, 2.75) is 13.8 Å².